The third-order valence-corrected chi connectivity index (χ3v) is 22.1. The second-order valence-corrected chi connectivity index (χ2v) is 30.6. The predicted molar refractivity (Wildman–Crippen MR) is 464 cm³/mol. The summed E-state index contributed by atoms with van der Waals surface area (Å²) in [5.41, 5.74) is 11.3. The maximum absolute atomic E-state index is 14.2. The molecule has 0 saturated carbocycles. The van der Waals surface area contributed by atoms with Crippen molar-refractivity contribution in [3.05, 3.63) is 248 Å². The number of allylic oxidation sites excluding steroid dienone is 8. The van der Waals surface area contributed by atoms with Crippen LogP contribution in [0.1, 0.15) is 141 Å². The van der Waals surface area contributed by atoms with Gasteiger partial charge in [0.2, 0.25) is 11.8 Å². The summed E-state index contributed by atoms with van der Waals surface area (Å²) in [6.07, 6.45) is 24.4. The number of ether oxygens (including phenoxy) is 8. The Hall–Kier alpha value is -12.6. The number of carbonyl (C=O) groups is 8. The van der Waals surface area contributed by atoms with Crippen molar-refractivity contribution in [3.63, 3.8) is 0 Å². The molecule has 8 amide bonds. The minimum Gasteiger partial charge on any atom is -0.493 e. The summed E-state index contributed by atoms with van der Waals surface area (Å²) in [4.78, 5) is 125. The van der Waals surface area contributed by atoms with Crippen molar-refractivity contribution in [1.82, 2.24) is 30.2 Å². The molecule has 0 fully saturated rings. The van der Waals surface area contributed by atoms with E-state index in [0.717, 1.165) is 59.9 Å². The molecule has 0 aromatic heterocycles. The molecule has 28 nitrogen and oxygen atoms in total. The first kappa shape index (κ1) is 86.2. The highest BCUT2D eigenvalue weighted by molar-refractivity contribution is 14.1. The molecule has 0 radical (unpaired) electrons. The number of alkyl halides is 1. The van der Waals surface area contributed by atoms with Crippen molar-refractivity contribution < 1.29 is 86.5 Å². The molecular formula is C92H97IN10O18. The fraction of sp³-hybridized carbons (Fsp3) is 0.326. The zero-order chi connectivity index (χ0) is 85.7. The van der Waals surface area contributed by atoms with Crippen molar-refractivity contribution in [1.29, 1.82) is 0 Å². The van der Waals surface area contributed by atoms with Gasteiger partial charge in [-0.1, -0.05) is 125 Å². The molecule has 6 aromatic rings. The van der Waals surface area contributed by atoms with Gasteiger partial charge >= 0.3 is 12.2 Å². The maximum atomic E-state index is 14.2. The molecule has 8 aliphatic heterocycles. The number of methoxy groups -OCH3 is 2. The van der Waals surface area contributed by atoms with Crippen LogP contribution in [0.2, 0.25) is 0 Å². The summed E-state index contributed by atoms with van der Waals surface area (Å²) < 4.78 is 47.8. The number of rotatable bonds is 27. The van der Waals surface area contributed by atoms with Gasteiger partial charge in [0.25, 0.3) is 23.6 Å². The number of nitrogens with one attached hydrogen (secondary N) is 2. The second kappa shape index (κ2) is 39.1. The highest BCUT2D eigenvalue weighted by Crippen LogP contribution is 2.46. The van der Waals surface area contributed by atoms with E-state index in [0.29, 0.717) is 84.7 Å². The van der Waals surface area contributed by atoms with Gasteiger partial charge in [-0.05, 0) is 149 Å². The van der Waals surface area contributed by atoms with E-state index in [1.165, 1.54) is 48.3 Å². The Morgan fingerprint density at radius 1 is 0.463 bits per heavy atom. The van der Waals surface area contributed by atoms with E-state index < -0.39 is 48.5 Å². The molecule has 630 valence electrons. The largest absolute Gasteiger partial charge is 0.493 e. The summed E-state index contributed by atoms with van der Waals surface area (Å²) in [7, 11) is 2.92. The van der Waals surface area contributed by atoms with Crippen LogP contribution < -0.4 is 48.9 Å². The van der Waals surface area contributed by atoms with E-state index in [-0.39, 0.29) is 132 Å². The Morgan fingerprint density at radius 3 is 1.25 bits per heavy atom. The maximum Gasteiger partial charge on any atom is 0.416 e. The van der Waals surface area contributed by atoms with Gasteiger partial charge in [-0.15, -0.1) is 0 Å². The van der Waals surface area contributed by atoms with Crippen molar-refractivity contribution in [3.8, 4) is 34.5 Å². The molecule has 6 aromatic carbocycles. The highest BCUT2D eigenvalue weighted by Gasteiger charge is 2.48. The molecule has 0 spiro atoms. The van der Waals surface area contributed by atoms with Crippen molar-refractivity contribution >= 4 is 105 Å². The van der Waals surface area contributed by atoms with Crippen LogP contribution in [-0.4, -0.2) is 178 Å². The zero-order valence-corrected chi connectivity index (χ0v) is 70.9. The molecular weight excluding hydrogens is 1660 g/mol. The molecule has 8 heterocycles. The number of aliphatic hydroxyl groups is 2. The average molecular weight is 1760 g/mol. The van der Waals surface area contributed by atoms with Gasteiger partial charge in [0.15, 0.2) is 35.5 Å². The zero-order valence-electron chi connectivity index (χ0n) is 68.8. The number of benzene rings is 6. The molecule has 14 rings (SSSR count). The van der Waals surface area contributed by atoms with E-state index in [4.69, 9.17) is 37.9 Å². The van der Waals surface area contributed by atoms with Gasteiger partial charge in [-0.3, -0.25) is 38.8 Å². The van der Waals surface area contributed by atoms with Gasteiger partial charge in [0.1, 0.15) is 24.7 Å². The minimum atomic E-state index is -1.50. The topological polar surface area (TPSA) is 319 Å². The Balaban J connectivity index is 0.000000211. The number of aliphatic imine (C=N–C) groups is 2. The van der Waals surface area contributed by atoms with E-state index in [2.05, 4.69) is 20.6 Å². The van der Waals surface area contributed by atoms with E-state index in [1.54, 1.807) is 70.9 Å². The molecule has 0 aliphatic carbocycles. The number of aryl methyl sites for hydroxylation is 3. The fourth-order valence-electron chi connectivity index (χ4n) is 15.3. The second-order valence-electron chi connectivity index (χ2n) is 29.9. The van der Waals surface area contributed by atoms with Crippen LogP contribution in [0.3, 0.4) is 0 Å². The lowest BCUT2D eigenvalue weighted by atomic mass is 10.1. The third kappa shape index (κ3) is 19.5. The number of aliphatic hydroxyl groups excluding tert-OH is 2. The standard InChI is InChI=1S/C48H51IN6O10.C44H46N4O8/c1-5-8-32-17-34-24-50-37-20-40(29(3)16-35(37)45(58)53(34)26-32)63-14-7-15-64-42-21-38-36(19-41(42)62-4)46(59)54-27-33(9-6-2)18-39(54)47(60)55(38)48(61)65-28-31-12-10-30(11-13-31)23-51-44(57)25-52-43(56)22-49;1-6-9-30-18-32-23-45-35-21-38(28(4)17-33(35)41(49)46(32)24-30)54-15-8-16-55-40-22-36-34(20-39(40)53-5)42(50)47-25-31(10-7-2)19-37(47)43(51)48(36)44(52)56-26-29-13-11-27(3)12-14-29/h5-6,8-13,16,19-21,24,26-27,34,39,47,60H,7,14-15,17-18,22-23,25,28H2,1-4H3,(H,51,57)(H,52,56);6-7,9-14,17,20-25,32,37,43,51H,8,15-16,18-19,26H2,1-5H3/b8-5+,9-6+;9-6+,10-7+/t34-,39-,47-;32-,37-,43-/m00/s1. The summed E-state index contributed by atoms with van der Waals surface area (Å²) >= 11 is 1.92. The Labute approximate surface area is 715 Å². The Bertz CT molecular complexity index is 5340. The number of hydrogen-bond acceptors (Lipinski definition) is 20. The quantitative estimate of drug-likeness (QED) is 0.0211. The number of hydrogen-bond donors (Lipinski definition) is 4. The van der Waals surface area contributed by atoms with Gasteiger partial charge in [0, 0.05) is 80.9 Å². The number of nitrogens with zero attached hydrogens (tertiary/aromatic N) is 8. The molecule has 121 heavy (non-hydrogen) atoms. The first-order valence-corrected chi connectivity index (χ1v) is 41.5. The Morgan fingerprint density at radius 2 is 0.843 bits per heavy atom. The lowest BCUT2D eigenvalue weighted by molar-refractivity contribution is -0.124. The van der Waals surface area contributed by atoms with Crippen LogP contribution in [0.15, 0.2) is 203 Å². The van der Waals surface area contributed by atoms with Crippen LogP contribution >= 0.6 is 22.6 Å². The van der Waals surface area contributed by atoms with Crippen LogP contribution in [0, 0.1) is 20.8 Å². The highest BCUT2D eigenvalue weighted by atomic mass is 127. The average Bonchev–Trinajstić information content (AvgIpc) is 1.61. The summed E-state index contributed by atoms with van der Waals surface area (Å²) in [6.45, 7) is 14.2. The van der Waals surface area contributed by atoms with E-state index in [1.807, 2.05) is 169 Å². The predicted octanol–water partition coefficient (Wildman–Crippen LogP) is 14.3. The van der Waals surface area contributed by atoms with Crippen LogP contribution in [-0.2, 0) is 38.8 Å². The molecule has 6 atom stereocenters. The molecule has 0 unspecified atom stereocenters. The monoisotopic (exact) mass is 1760 g/mol. The van der Waals surface area contributed by atoms with Crippen molar-refractivity contribution in [2.45, 2.75) is 143 Å². The van der Waals surface area contributed by atoms with E-state index in [9.17, 15) is 48.6 Å². The van der Waals surface area contributed by atoms with Crippen LogP contribution in [0.5, 0.6) is 34.5 Å². The van der Waals surface area contributed by atoms with Gasteiger partial charge in [-0.25, -0.2) is 19.4 Å². The lowest BCUT2D eigenvalue weighted by Crippen LogP contribution is -2.50. The summed E-state index contributed by atoms with van der Waals surface area (Å²) in [5, 5.41) is 29.0. The normalized spacial score (nSPS) is 19.2. The van der Waals surface area contributed by atoms with Gasteiger partial charge in [0.05, 0.1) is 121 Å². The lowest BCUT2D eigenvalue weighted by Gasteiger charge is -2.31. The molecule has 0 saturated heterocycles. The number of anilines is 2. The minimum absolute atomic E-state index is 0.0259. The van der Waals surface area contributed by atoms with Crippen molar-refractivity contribution in [2.75, 3.05) is 61.4 Å². The first-order chi connectivity index (χ1) is 58.5. The molecule has 29 heteroatoms. The summed E-state index contributed by atoms with van der Waals surface area (Å²) in [6, 6.07) is 26.1. The number of halogens is 1. The van der Waals surface area contributed by atoms with Gasteiger partial charge in [-0.2, -0.15) is 0 Å². The molecule has 4 N–H and O–H groups in total. The number of amides is 8. The molecule has 0 bridgehead atoms. The first-order valence-electron chi connectivity index (χ1n) is 40.0. The molecule has 8 aliphatic rings. The van der Waals surface area contributed by atoms with Crippen LogP contribution in [0.4, 0.5) is 32.3 Å². The Kier molecular flexibility index (Phi) is 27.8. The number of fused-ring (bicyclic) bond motifs is 8. The fourth-order valence-corrected chi connectivity index (χ4v) is 15.6. The van der Waals surface area contributed by atoms with E-state index >= 15 is 0 Å². The SMILES string of the molecule is C/C=C/C1=CN2C(=O)c3cc(C)c(OCCCOc4cc5c(cc4OC)C(=O)N4C=C(/C=C/C)C[C@H]4[C@H](O)N5C(=O)OCc4ccc(C)cc4)cc3N=C[C@@H]2C1.C/C=C/C1=CN2C(=O)c3cc(C)c(OCCCOc4cc5c(cc4OC)C(=O)N4C=C(/C=C/C)C[C@H]4[C@H](O)N5C(=O)OCc4ccc(CNC(=O)CNC(=O)CI)cc4)cc3N=C[C@@H]2C1. The smallest absolute Gasteiger partial charge is 0.416 e. The van der Waals surface area contributed by atoms with Crippen molar-refractivity contribution in [2.24, 2.45) is 9.98 Å². The summed E-state index contributed by atoms with van der Waals surface area (Å²) in [5.74, 6) is 0.637. The third-order valence-electron chi connectivity index (χ3n) is 21.4. The van der Waals surface area contributed by atoms with Crippen LogP contribution in [0.25, 0.3) is 0 Å². The van der Waals surface area contributed by atoms with Gasteiger partial charge < -0.3 is 78.3 Å². The number of carbonyl (C=O) groups excluding carboxylic acids is 8.